The molecular weight excluding hydrogens is 198 g/mol. The average molecular weight is 221 g/mol. The van der Waals surface area contributed by atoms with Crippen LogP contribution in [0.4, 0.5) is 0 Å². The van der Waals surface area contributed by atoms with E-state index in [1.807, 2.05) is 19.0 Å². The Bertz CT molecular complexity index is 296. The van der Waals surface area contributed by atoms with E-state index in [2.05, 4.69) is 0 Å². The van der Waals surface area contributed by atoms with Gasteiger partial charge in [-0.25, -0.2) is 0 Å². The van der Waals surface area contributed by atoms with Gasteiger partial charge in [-0.15, -0.1) is 0 Å². The summed E-state index contributed by atoms with van der Waals surface area (Å²) >= 11 is 0. The molecule has 90 valence electrons. The molecule has 0 heterocycles. The number of hydrogen-bond donors (Lipinski definition) is 0. The van der Waals surface area contributed by atoms with E-state index >= 15 is 0 Å². The zero-order valence-corrected chi connectivity index (χ0v) is 10.5. The molecule has 0 aromatic rings. The highest BCUT2D eigenvalue weighted by atomic mass is 16.2. The topological polar surface area (TPSA) is 20.3 Å². The molecule has 16 heavy (non-hydrogen) atoms. The third kappa shape index (κ3) is 1.49. The number of hydrogen-bond acceptors (Lipinski definition) is 1. The summed E-state index contributed by atoms with van der Waals surface area (Å²) in [4.78, 5) is 14.3. The van der Waals surface area contributed by atoms with E-state index in [1.54, 1.807) is 0 Å². The number of carbonyl (C=O) groups excluding carboxylic acids is 1. The Morgan fingerprint density at radius 3 is 2.19 bits per heavy atom. The van der Waals surface area contributed by atoms with E-state index in [0.29, 0.717) is 5.91 Å². The molecule has 2 heteroatoms. The lowest BCUT2D eigenvalue weighted by Gasteiger charge is -2.45. The van der Waals surface area contributed by atoms with Crippen molar-refractivity contribution >= 4 is 5.91 Å². The Morgan fingerprint density at radius 2 is 1.62 bits per heavy atom. The maximum atomic E-state index is 12.5. The highest BCUT2D eigenvalue weighted by Crippen LogP contribution is 2.57. The predicted molar refractivity (Wildman–Crippen MR) is 63.9 cm³/mol. The van der Waals surface area contributed by atoms with Crippen LogP contribution in [-0.4, -0.2) is 24.9 Å². The van der Waals surface area contributed by atoms with Gasteiger partial charge in [0.2, 0.25) is 5.91 Å². The molecular formula is C14H23NO. The standard InChI is InChI=1S/C14H23NO/c1-15(2)13(16)14-4-3-10-5-11(8-14)7-12(6-10)9-14/h10-12H,3-9H2,1-2H3/t10?,11-,12+,14?. The highest BCUT2D eigenvalue weighted by molar-refractivity contribution is 5.82. The fraction of sp³-hybridized carbons (Fsp3) is 0.929. The van der Waals surface area contributed by atoms with Crippen LogP contribution in [0.2, 0.25) is 0 Å². The third-order valence-corrected chi connectivity index (χ3v) is 5.25. The second kappa shape index (κ2) is 3.48. The number of carbonyl (C=O) groups is 1. The van der Waals surface area contributed by atoms with E-state index in [0.717, 1.165) is 17.8 Å². The molecule has 4 aliphatic rings. The summed E-state index contributed by atoms with van der Waals surface area (Å²) in [6, 6.07) is 0. The average Bonchev–Trinajstić information content (AvgIpc) is 2.43. The van der Waals surface area contributed by atoms with Crippen LogP contribution in [0.25, 0.3) is 0 Å². The van der Waals surface area contributed by atoms with E-state index in [9.17, 15) is 4.79 Å². The second-order valence-corrected chi connectivity index (χ2v) is 6.73. The van der Waals surface area contributed by atoms with Crippen molar-refractivity contribution in [2.75, 3.05) is 14.1 Å². The monoisotopic (exact) mass is 221 g/mol. The van der Waals surface area contributed by atoms with Gasteiger partial charge in [0, 0.05) is 19.5 Å². The van der Waals surface area contributed by atoms with Crippen LogP contribution in [0.5, 0.6) is 0 Å². The zero-order valence-electron chi connectivity index (χ0n) is 10.5. The van der Waals surface area contributed by atoms with Crippen molar-refractivity contribution in [1.29, 1.82) is 0 Å². The van der Waals surface area contributed by atoms with Gasteiger partial charge in [-0.3, -0.25) is 4.79 Å². The quantitative estimate of drug-likeness (QED) is 0.666. The summed E-state index contributed by atoms with van der Waals surface area (Å²) in [5, 5.41) is 0. The van der Waals surface area contributed by atoms with Gasteiger partial charge in [0.1, 0.15) is 0 Å². The fourth-order valence-corrected chi connectivity index (χ4v) is 4.90. The fourth-order valence-electron chi connectivity index (χ4n) is 4.90. The summed E-state index contributed by atoms with van der Waals surface area (Å²) in [5.41, 5.74) is 0.0440. The minimum Gasteiger partial charge on any atom is -0.348 e. The normalized spacial score (nSPS) is 45.5. The van der Waals surface area contributed by atoms with E-state index in [4.69, 9.17) is 0 Å². The molecule has 0 aromatic heterocycles. The molecule has 0 aliphatic heterocycles. The lowest BCUT2D eigenvalue weighted by atomic mass is 9.61. The van der Waals surface area contributed by atoms with Crippen LogP contribution in [-0.2, 0) is 4.79 Å². The number of fused-ring (bicyclic) bond motifs is 1. The van der Waals surface area contributed by atoms with E-state index in [-0.39, 0.29) is 5.41 Å². The summed E-state index contributed by atoms with van der Waals surface area (Å²) in [6.45, 7) is 0. The Balaban J connectivity index is 1.92. The Hall–Kier alpha value is -0.530. The Labute approximate surface area is 98.4 Å². The first-order chi connectivity index (χ1) is 7.59. The first kappa shape index (κ1) is 10.6. The largest absolute Gasteiger partial charge is 0.348 e. The highest BCUT2D eigenvalue weighted by Gasteiger charge is 2.51. The minimum atomic E-state index is 0.0440. The minimum absolute atomic E-state index is 0.0440. The summed E-state index contributed by atoms with van der Waals surface area (Å²) in [7, 11) is 3.85. The molecule has 2 nitrogen and oxygen atoms in total. The van der Waals surface area contributed by atoms with Crippen molar-refractivity contribution in [2.24, 2.45) is 23.2 Å². The van der Waals surface area contributed by atoms with Gasteiger partial charge in [-0.2, -0.15) is 0 Å². The molecule has 0 aromatic carbocycles. The van der Waals surface area contributed by atoms with Gasteiger partial charge >= 0.3 is 0 Å². The molecule has 4 rings (SSSR count). The molecule has 2 unspecified atom stereocenters. The zero-order chi connectivity index (χ0) is 11.3. The molecule has 4 bridgehead atoms. The maximum Gasteiger partial charge on any atom is 0.228 e. The van der Waals surface area contributed by atoms with Gasteiger partial charge in [0.25, 0.3) is 0 Å². The van der Waals surface area contributed by atoms with E-state index in [1.165, 1.54) is 44.9 Å². The Morgan fingerprint density at radius 1 is 1.06 bits per heavy atom. The molecule has 0 saturated heterocycles. The van der Waals surface area contributed by atoms with Crippen molar-refractivity contribution in [3.8, 4) is 0 Å². The summed E-state index contributed by atoms with van der Waals surface area (Å²) in [5.74, 6) is 3.10. The van der Waals surface area contributed by atoms with Crippen molar-refractivity contribution in [2.45, 2.75) is 44.9 Å². The lowest BCUT2D eigenvalue weighted by Crippen LogP contribution is -2.45. The molecule has 4 saturated carbocycles. The molecule has 4 aliphatic carbocycles. The van der Waals surface area contributed by atoms with Crippen molar-refractivity contribution in [3.63, 3.8) is 0 Å². The smallest absolute Gasteiger partial charge is 0.228 e. The molecule has 4 fully saturated rings. The third-order valence-electron chi connectivity index (χ3n) is 5.25. The molecule has 4 atom stereocenters. The van der Waals surface area contributed by atoms with Crippen molar-refractivity contribution < 1.29 is 4.79 Å². The van der Waals surface area contributed by atoms with Gasteiger partial charge in [-0.1, -0.05) is 0 Å². The molecule has 0 radical (unpaired) electrons. The first-order valence-corrected chi connectivity index (χ1v) is 6.81. The molecule has 0 N–H and O–H groups in total. The first-order valence-electron chi connectivity index (χ1n) is 6.81. The Kier molecular flexibility index (Phi) is 2.31. The predicted octanol–water partition coefficient (Wildman–Crippen LogP) is 2.68. The van der Waals surface area contributed by atoms with Gasteiger partial charge < -0.3 is 4.90 Å². The van der Waals surface area contributed by atoms with Crippen LogP contribution in [0, 0.1) is 23.2 Å². The number of nitrogens with zero attached hydrogens (tertiary/aromatic N) is 1. The number of rotatable bonds is 1. The van der Waals surface area contributed by atoms with Crippen LogP contribution in [0.1, 0.15) is 44.9 Å². The van der Waals surface area contributed by atoms with Crippen LogP contribution in [0.3, 0.4) is 0 Å². The van der Waals surface area contributed by atoms with E-state index < -0.39 is 0 Å². The maximum absolute atomic E-state index is 12.5. The van der Waals surface area contributed by atoms with Crippen molar-refractivity contribution in [1.82, 2.24) is 4.90 Å². The lowest BCUT2D eigenvalue weighted by molar-refractivity contribution is -0.144. The molecule has 0 spiro atoms. The van der Waals surface area contributed by atoms with Gasteiger partial charge in [0.05, 0.1) is 0 Å². The molecule has 1 amide bonds. The SMILES string of the molecule is CN(C)C(=O)C12CCC3C[C@H](C[C@H](C3)C1)C2. The summed E-state index contributed by atoms with van der Waals surface area (Å²) < 4.78 is 0. The van der Waals surface area contributed by atoms with Crippen molar-refractivity contribution in [3.05, 3.63) is 0 Å². The summed E-state index contributed by atoms with van der Waals surface area (Å²) in [6.07, 6.45) is 9.11. The van der Waals surface area contributed by atoms with Gasteiger partial charge in [0.15, 0.2) is 0 Å². The van der Waals surface area contributed by atoms with Crippen LogP contribution < -0.4 is 0 Å². The second-order valence-electron chi connectivity index (χ2n) is 6.73. The number of amides is 1. The van der Waals surface area contributed by atoms with Crippen LogP contribution >= 0.6 is 0 Å². The van der Waals surface area contributed by atoms with Gasteiger partial charge in [-0.05, 0) is 62.7 Å². The van der Waals surface area contributed by atoms with Crippen LogP contribution in [0.15, 0.2) is 0 Å².